The smallest absolute Gasteiger partial charge is 0.328 e. The highest BCUT2D eigenvalue weighted by molar-refractivity contribution is 7.18. The van der Waals surface area contributed by atoms with Crippen LogP contribution in [-0.4, -0.2) is 34.1 Å². The van der Waals surface area contributed by atoms with Crippen LogP contribution in [0.15, 0.2) is 29.2 Å². The van der Waals surface area contributed by atoms with Crippen LogP contribution < -0.4 is 4.90 Å². The van der Waals surface area contributed by atoms with Gasteiger partial charge in [0.15, 0.2) is 23.3 Å². The number of rotatable bonds is 3. The van der Waals surface area contributed by atoms with Gasteiger partial charge in [-0.1, -0.05) is 5.57 Å². The summed E-state index contributed by atoms with van der Waals surface area (Å²) in [6, 6.07) is 1.25. The predicted octanol–water partition coefficient (Wildman–Crippen LogP) is 4.70. The molecule has 1 aliphatic rings. The summed E-state index contributed by atoms with van der Waals surface area (Å²) in [5, 5.41) is 10.8. The number of aromatic nitrogens is 2. The lowest BCUT2D eigenvalue weighted by molar-refractivity contribution is -0.131. The number of hydrogen-bond acceptors (Lipinski definition) is 5. The highest BCUT2D eigenvalue weighted by Crippen LogP contribution is 2.36. The van der Waals surface area contributed by atoms with E-state index in [-0.39, 0.29) is 11.4 Å². The number of hydrogen-bond donors (Lipinski definition) is 1. The Morgan fingerprint density at radius 1 is 1.14 bits per heavy atom. The van der Waals surface area contributed by atoms with Crippen LogP contribution in [0.3, 0.4) is 0 Å². The van der Waals surface area contributed by atoms with Crippen LogP contribution in [0.4, 0.5) is 19.0 Å². The van der Waals surface area contributed by atoms with Crippen molar-refractivity contribution in [2.45, 2.75) is 19.8 Å². The van der Waals surface area contributed by atoms with Crippen LogP contribution in [0.25, 0.3) is 21.6 Å². The third-order valence-corrected chi connectivity index (χ3v) is 5.94. The summed E-state index contributed by atoms with van der Waals surface area (Å²) in [5.41, 5.74) is 2.14. The average Bonchev–Trinajstić information content (AvgIpc) is 3.05. The maximum Gasteiger partial charge on any atom is 0.328 e. The number of thiophene rings is 1. The fraction of sp³-hybridized carbons (Fsp3) is 0.250. The molecule has 2 aromatic heterocycles. The largest absolute Gasteiger partial charge is 0.478 e. The summed E-state index contributed by atoms with van der Waals surface area (Å²) in [5.74, 6) is -3.78. The lowest BCUT2D eigenvalue weighted by Gasteiger charge is -2.29. The van der Waals surface area contributed by atoms with E-state index in [4.69, 9.17) is 5.11 Å². The fourth-order valence-electron chi connectivity index (χ4n) is 3.37. The second kappa shape index (κ2) is 7.47. The summed E-state index contributed by atoms with van der Waals surface area (Å²) in [7, 11) is 0. The van der Waals surface area contributed by atoms with Gasteiger partial charge >= 0.3 is 5.97 Å². The molecule has 0 spiro atoms. The van der Waals surface area contributed by atoms with Crippen molar-refractivity contribution in [3.8, 4) is 11.4 Å². The highest BCUT2D eigenvalue weighted by atomic mass is 32.1. The number of benzene rings is 1. The fourth-order valence-corrected chi connectivity index (χ4v) is 4.38. The number of halogens is 3. The van der Waals surface area contributed by atoms with Gasteiger partial charge in [-0.05, 0) is 36.8 Å². The SMILES string of the molecule is Cc1csc2c(N3CCC(=CC(=O)O)CC3)nc(-c3cc(F)c(F)cc3F)nc12. The summed E-state index contributed by atoms with van der Waals surface area (Å²) in [6.45, 7) is 2.95. The van der Waals surface area contributed by atoms with Crippen molar-refractivity contribution in [3.05, 3.63) is 52.2 Å². The molecule has 150 valence electrons. The van der Waals surface area contributed by atoms with Crippen LogP contribution in [0, 0.1) is 24.4 Å². The Kier molecular flexibility index (Phi) is 4.99. The standard InChI is InChI=1S/C20H16F3N3O2S/c1-10-9-29-18-17(10)24-19(12-7-14(22)15(23)8-13(12)21)25-20(18)26-4-2-11(3-5-26)6-16(27)28/h6-9H,2-5H2,1H3,(H,27,28). The van der Waals surface area contributed by atoms with Crippen LogP contribution in [0.2, 0.25) is 0 Å². The minimum absolute atomic E-state index is 0.0164. The van der Waals surface area contributed by atoms with Gasteiger partial charge in [0.1, 0.15) is 5.82 Å². The molecule has 1 fully saturated rings. The maximum atomic E-state index is 14.3. The Morgan fingerprint density at radius 3 is 2.52 bits per heavy atom. The molecule has 3 aromatic rings. The second-order valence-corrected chi connectivity index (χ2v) is 7.72. The maximum absolute atomic E-state index is 14.3. The van der Waals surface area contributed by atoms with Gasteiger partial charge in [-0.3, -0.25) is 0 Å². The van der Waals surface area contributed by atoms with E-state index in [1.54, 1.807) is 0 Å². The minimum Gasteiger partial charge on any atom is -0.478 e. The molecule has 9 heteroatoms. The highest BCUT2D eigenvalue weighted by Gasteiger charge is 2.23. The number of piperidine rings is 1. The Labute approximate surface area is 168 Å². The second-order valence-electron chi connectivity index (χ2n) is 6.84. The molecule has 0 aliphatic carbocycles. The average molecular weight is 419 g/mol. The third-order valence-electron chi connectivity index (χ3n) is 4.86. The minimum atomic E-state index is -1.27. The van der Waals surface area contributed by atoms with Gasteiger partial charge in [-0.15, -0.1) is 11.3 Å². The Balaban J connectivity index is 1.79. The summed E-state index contributed by atoms with van der Waals surface area (Å²) >= 11 is 1.46. The number of carboxylic acids is 1. The molecule has 3 heterocycles. The first-order valence-corrected chi connectivity index (χ1v) is 9.79. The number of fused-ring (bicyclic) bond motifs is 1. The number of aryl methyl sites for hydroxylation is 1. The van der Waals surface area contributed by atoms with Crippen molar-refractivity contribution in [2.75, 3.05) is 18.0 Å². The van der Waals surface area contributed by atoms with Gasteiger partial charge in [-0.25, -0.2) is 27.9 Å². The van der Waals surface area contributed by atoms with Gasteiger partial charge in [0, 0.05) is 25.2 Å². The number of carboxylic acid groups (broad SMARTS) is 1. The molecule has 0 unspecified atom stereocenters. The molecule has 1 aromatic carbocycles. The lowest BCUT2D eigenvalue weighted by Crippen LogP contribution is -2.31. The number of carbonyl (C=O) groups is 1. The van der Waals surface area contributed by atoms with Gasteiger partial charge in [0.2, 0.25) is 0 Å². The predicted molar refractivity (Wildman–Crippen MR) is 105 cm³/mol. The molecule has 0 radical (unpaired) electrons. The first-order chi connectivity index (χ1) is 13.8. The summed E-state index contributed by atoms with van der Waals surface area (Å²) in [4.78, 5) is 21.8. The van der Waals surface area contributed by atoms with E-state index in [1.807, 2.05) is 17.2 Å². The lowest BCUT2D eigenvalue weighted by atomic mass is 10.0. The number of anilines is 1. The van der Waals surface area contributed by atoms with E-state index in [0.717, 1.165) is 21.9 Å². The van der Waals surface area contributed by atoms with Gasteiger partial charge < -0.3 is 10.0 Å². The van der Waals surface area contributed by atoms with Crippen molar-refractivity contribution >= 4 is 33.3 Å². The molecule has 1 aliphatic heterocycles. The quantitative estimate of drug-likeness (QED) is 0.493. The molecular weight excluding hydrogens is 403 g/mol. The summed E-state index contributed by atoms with van der Waals surface area (Å²) < 4.78 is 42.2. The number of nitrogens with zero attached hydrogens (tertiary/aromatic N) is 3. The molecule has 0 bridgehead atoms. The van der Waals surface area contributed by atoms with Crippen molar-refractivity contribution < 1.29 is 23.1 Å². The normalized spacial score (nSPS) is 14.5. The molecule has 0 atom stereocenters. The molecule has 0 saturated carbocycles. The van der Waals surface area contributed by atoms with E-state index in [1.165, 1.54) is 17.4 Å². The first kappa shape index (κ1) is 19.4. The Bertz CT molecular complexity index is 1150. The zero-order chi connectivity index (χ0) is 20.7. The van der Waals surface area contributed by atoms with Gasteiger partial charge in [0.25, 0.3) is 0 Å². The summed E-state index contributed by atoms with van der Waals surface area (Å²) in [6.07, 6.45) is 2.36. The van der Waals surface area contributed by atoms with E-state index in [2.05, 4.69) is 9.97 Å². The number of aliphatic carboxylic acids is 1. The van der Waals surface area contributed by atoms with Crippen molar-refractivity contribution in [2.24, 2.45) is 0 Å². The van der Waals surface area contributed by atoms with E-state index in [9.17, 15) is 18.0 Å². The first-order valence-electron chi connectivity index (χ1n) is 8.91. The van der Waals surface area contributed by atoms with E-state index in [0.29, 0.717) is 43.3 Å². The molecule has 5 nitrogen and oxygen atoms in total. The molecule has 1 saturated heterocycles. The van der Waals surface area contributed by atoms with Crippen LogP contribution >= 0.6 is 11.3 Å². The monoisotopic (exact) mass is 419 g/mol. The van der Waals surface area contributed by atoms with Gasteiger partial charge in [-0.2, -0.15) is 0 Å². The van der Waals surface area contributed by atoms with Crippen LogP contribution in [-0.2, 0) is 4.79 Å². The van der Waals surface area contributed by atoms with Crippen molar-refractivity contribution in [3.63, 3.8) is 0 Å². The molecule has 4 rings (SSSR count). The topological polar surface area (TPSA) is 66.3 Å². The molecule has 1 N–H and O–H groups in total. The molecular formula is C20H16F3N3O2S. The molecule has 0 amide bonds. The van der Waals surface area contributed by atoms with Crippen LogP contribution in [0.1, 0.15) is 18.4 Å². The van der Waals surface area contributed by atoms with E-state index < -0.39 is 23.4 Å². The van der Waals surface area contributed by atoms with Crippen molar-refractivity contribution in [1.29, 1.82) is 0 Å². The zero-order valence-electron chi connectivity index (χ0n) is 15.4. The Hall–Kier alpha value is -2.94. The Morgan fingerprint density at radius 2 is 1.83 bits per heavy atom. The van der Waals surface area contributed by atoms with Crippen LogP contribution in [0.5, 0.6) is 0 Å². The van der Waals surface area contributed by atoms with Gasteiger partial charge in [0.05, 0.1) is 15.8 Å². The van der Waals surface area contributed by atoms with E-state index >= 15 is 0 Å². The molecule has 29 heavy (non-hydrogen) atoms. The third kappa shape index (κ3) is 3.69. The van der Waals surface area contributed by atoms with Crippen molar-refractivity contribution in [1.82, 2.24) is 9.97 Å². The zero-order valence-corrected chi connectivity index (χ0v) is 16.2.